The average Bonchev–Trinajstić information content (AvgIpc) is 2.82. The Kier molecular flexibility index (Phi) is 11.1. The normalized spacial score (nSPS) is 11.7. The minimum absolute atomic E-state index is 0.107. The van der Waals surface area contributed by atoms with Crippen LogP contribution in [-0.4, -0.2) is 59.4 Å². The molecule has 0 saturated heterocycles. The standard InChI is InChI=1S/C26H34N2O8/c1-5-34-24(25(29)30)16-20-7-10-21(11-8-20)35-15-14-27(13-12-18(2)3)26(31)36-22-9-6-19(4)23(17-22)28(32)33/h6-11,17-18,24H,5,12-16H2,1-4H3,(H,29,30). The van der Waals surface area contributed by atoms with Crippen molar-refractivity contribution in [3.8, 4) is 11.5 Å². The zero-order valence-electron chi connectivity index (χ0n) is 21.1. The van der Waals surface area contributed by atoms with Crippen LogP contribution in [0.25, 0.3) is 0 Å². The zero-order valence-corrected chi connectivity index (χ0v) is 21.1. The molecule has 2 aromatic carbocycles. The highest BCUT2D eigenvalue weighted by Crippen LogP contribution is 2.24. The van der Waals surface area contributed by atoms with E-state index in [1.807, 2.05) is 13.8 Å². The predicted molar refractivity (Wildman–Crippen MR) is 134 cm³/mol. The molecule has 0 radical (unpaired) electrons. The van der Waals surface area contributed by atoms with Gasteiger partial charge in [0.2, 0.25) is 0 Å². The topological polar surface area (TPSA) is 128 Å². The van der Waals surface area contributed by atoms with E-state index in [1.165, 1.54) is 17.0 Å². The summed E-state index contributed by atoms with van der Waals surface area (Å²) in [5.41, 5.74) is 1.17. The van der Waals surface area contributed by atoms with Crippen LogP contribution in [-0.2, 0) is 16.0 Å². The van der Waals surface area contributed by atoms with Gasteiger partial charge < -0.3 is 24.2 Å². The highest BCUT2D eigenvalue weighted by atomic mass is 16.6. The molecule has 0 heterocycles. The molecule has 1 unspecified atom stereocenters. The first-order valence-electron chi connectivity index (χ1n) is 11.9. The maximum atomic E-state index is 12.8. The number of aryl methyl sites for hydroxylation is 1. The van der Waals surface area contributed by atoms with Crippen molar-refractivity contribution in [1.82, 2.24) is 4.90 Å². The van der Waals surface area contributed by atoms with Crippen LogP contribution in [0.5, 0.6) is 11.5 Å². The Morgan fingerprint density at radius 2 is 1.75 bits per heavy atom. The zero-order chi connectivity index (χ0) is 26.7. The fourth-order valence-corrected chi connectivity index (χ4v) is 3.35. The fraction of sp³-hybridized carbons (Fsp3) is 0.462. The molecule has 0 aliphatic carbocycles. The monoisotopic (exact) mass is 502 g/mol. The Morgan fingerprint density at radius 1 is 1.08 bits per heavy atom. The van der Waals surface area contributed by atoms with Crippen molar-refractivity contribution in [2.24, 2.45) is 5.92 Å². The SMILES string of the molecule is CCOC(Cc1ccc(OCCN(CCC(C)C)C(=O)Oc2ccc(C)c([N+](=O)[O-])c2)cc1)C(=O)O. The molecule has 0 bridgehead atoms. The Morgan fingerprint density at radius 3 is 2.33 bits per heavy atom. The number of nitrogens with zero attached hydrogens (tertiary/aromatic N) is 2. The minimum atomic E-state index is -1.01. The first-order chi connectivity index (χ1) is 17.1. The Bertz CT molecular complexity index is 1020. The van der Waals surface area contributed by atoms with Gasteiger partial charge in [-0.25, -0.2) is 9.59 Å². The lowest BCUT2D eigenvalue weighted by Crippen LogP contribution is -2.38. The number of hydrogen-bond donors (Lipinski definition) is 1. The van der Waals surface area contributed by atoms with E-state index in [1.54, 1.807) is 44.2 Å². The Balaban J connectivity index is 1.97. The van der Waals surface area contributed by atoms with Crippen LogP contribution in [0.4, 0.5) is 10.5 Å². The highest BCUT2D eigenvalue weighted by molar-refractivity contribution is 5.72. The second kappa shape index (κ2) is 14.0. The summed E-state index contributed by atoms with van der Waals surface area (Å²) in [7, 11) is 0. The third-order valence-electron chi connectivity index (χ3n) is 5.43. The summed E-state index contributed by atoms with van der Waals surface area (Å²) < 4.78 is 16.4. The summed E-state index contributed by atoms with van der Waals surface area (Å²) in [5, 5.41) is 20.4. The van der Waals surface area contributed by atoms with Gasteiger partial charge >= 0.3 is 12.1 Å². The summed E-state index contributed by atoms with van der Waals surface area (Å²) in [4.78, 5) is 36.3. The second-order valence-corrected chi connectivity index (χ2v) is 8.72. The lowest BCUT2D eigenvalue weighted by Gasteiger charge is -2.23. The first kappa shape index (κ1) is 28.6. The van der Waals surface area contributed by atoms with Gasteiger partial charge in [-0.3, -0.25) is 10.1 Å². The van der Waals surface area contributed by atoms with Gasteiger partial charge in [0.15, 0.2) is 6.10 Å². The van der Waals surface area contributed by atoms with Crippen LogP contribution in [0.2, 0.25) is 0 Å². The number of ether oxygens (including phenoxy) is 3. The van der Waals surface area contributed by atoms with Gasteiger partial charge in [0.05, 0.1) is 17.5 Å². The van der Waals surface area contributed by atoms with E-state index in [2.05, 4.69) is 0 Å². The molecule has 0 fully saturated rings. The van der Waals surface area contributed by atoms with E-state index in [9.17, 15) is 24.8 Å². The molecule has 2 aromatic rings. The van der Waals surface area contributed by atoms with Crippen molar-refractivity contribution in [1.29, 1.82) is 0 Å². The van der Waals surface area contributed by atoms with Crippen LogP contribution in [0.3, 0.4) is 0 Å². The van der Waals surface area contributed by atoms with Gasteiger partial charge in [0.1, 0.15) is 18.1 Å². The molecule has 0 saturated carbocycles. The second-order valence-electron chi connectivity index (χ2n) is 8.72. The molecule has 0 aliphatic heterocycles. The maximum absolute atomic E-state index is 12.8. The highest BCUT2D eigenvalue weighted by Gasteiger charge is 2.20. The number of carbonyl (C=O) groups excluding carboxylic acids is 1. The summed E-state index contributed by atoms with van der Waals surface area (Å²) in [6.07, 6.45) is -0.515. The summed E-state index contributed by atoms with van der Waals surface area (Å²) in [6.45, 7) is 8.68. The molecule has 0 aliphatic rings. The van der Waals surface area contributed by atoms with E-state index in [4.69, 9.17) is 14.2 Å². The number of carbonyl (C=O) groups is 2. The molecule has 2 rings (SSSR count). The van der Waals surface area contributed by atoms with Crippen molar-refractivity contribution in [3.05, 3.63) is 63.7 Å². The quantitative estimate of drug-likeness (QED) is 0.286. The number of carboxylic acid groups (broad SMARTS) is 1. The van der Waals surface area contributed by atoms with Crippen molar-refractivity contribution in [2.75, 3.05) is 26.3 Å². The number of hydrogen-bond acceptors (Lipinski definition) is 7. The van der Waals surface area contributed by atoms with E-state index in [0.29, 0.717) is 30.4 Å². The molecule has 10 heteroatoms. The number of benzene rings is 2. The third-order valence-corrected chi connectivity index (χ3v) is 5.43. The van der Waals surface area contributed by atoms with Gasteiger partial charge in [0.25, 0.3) is 5.69 Å². The first-order valence-corrected chi connectivity index (χ1v) is 11.9. The van der Waals surface area contributed by atoms with Crippen LogP contribution < -0.4 is 9.47 Å². The number of amides is 1. The lowest BCUT2D eigenvalue weighted by atomic mass is 10.1. The molecule has 0 spiro atoms. The van der Waals surface area contributed by atoms with E-state index < -0.39 is 23.1 Å². The van der Waals surface area contributed by atoms with Crippen molar-refractivity contribution in [2.45, 2.75) is 46.6 Å². The number of nitro benzene ring substituents is 1. The largest absolute Gasteiger partial charge is 0.492 e. The number of rotatable bonds is 14. The molecule has 1 atom stereocenters. The number of carboxylic acids is 1. The number of aliphatic carboxylic acids is 1. The summed E-state index contributed by atoms with van der Waals surface area (Å²) in [6, 6.07) is 11.3. The predicted octanol–water partition coefficient (Wildman–Crippen LogP) is 4.86. The van der Waals surface area contributed by atoms with E-state index in [-0.39, 0.29) is 31.0 Å². The minimum Gasteiger partial charge on any atom is -0.492 e. The van der Waals surface area contributed by atoms with E-state index in [0.717, 1.165) is 12.0 Å². The van der Waals surface area contributed by atoms with Crippen molar-refractivity contribution in [3.63, 3.8) is 0 Å². The molecule has 36 heavy (non-hydrogen) atoms. The van der Waals surface area contributed by atoms with Gasteiger partial charge in [-0.15, -0.1) is 0 Å². The Hall–Kier alpha value is -3.66. The van der Waals surface area contributed by atoms with Gasteiger partial charge in [-0.1, -0.05) is 26.0 Å². The van der Waals surface area contributed by atoms with Crippen LogP contribution >= 0.6 is 0 Å². The molecular formula is C26H34N2O8. The molecule has 1 amide bonds. The van der Waals surface area contributed by atoms with E-state index >= 15 is 0 Å². The smallest absolute Gasteiger partial charge is 0.415 e. The maximum Gasteiger partial charge on any atom is 0.415 e. The molecular weight excluding hydrogens is 468 g/mol. The van der Waals surface area contributed by atoms with Gasteiger partial charge in [0, 0.05) is 25.1 Å². The van der Waals surface area contributed by atoms with Crippen LogP contribution in [0.15, 0.2) is 42.5 Å². The van der Waals surface area contributed by atoms with Crippen LogP contribution in [0, 0.1) is 23.0 Å². The average molecular weight is 503 g/mol. The van der Waals surface area contributed by atoms with Crippen LogP contribution in [0.1, 0.15) is 38.3 Å². The number of nitro groups is 1. The Labute approximate surface area is 210 Å². The van der Waals surface area contributed by atoms with Gasteiger partial charge in [-0.2, -0.15) is 0 Å². The van der Waals surface area contributed by atoms with Crippen molar-refractivity contribution >= 4 is 17.7 Å². The molecule has 0 aromatic heterocycles. The molecule has 10 nitrogen and oxygen atoms in total. The lowest BCUT2D eigenvalue weighted by molar-refractivity contribution is -0.385. The molecule has 196 valence electrons. The molecule has 1 N–H and O–H groups in total. The summed E-state index contributed by atoms with van der Waals surface area (Å²) in [5.74, 6) is 0.0368. The third kappa shape index (κ3) is 9.18. The van der Waals surface area contributed by atoms with Crippen molar-refractivity contribution < 1.29 is 33.8 Å². The van der Waals surface area contributed by atoms with Gasteiger partial charge in [-0.05, 0) is 56.0 Å². The summed E-state index contributed by atoms with van der Waals surface area (Å²) >= 11 is 0. The fourth-order valence-electron chi connectivity index (χ4n) is 3.35.